The van der Waals surface area contributed by atoms with Crippen LogP contribution >= 0.6 is 27.7 Å². The summed E-state index contributed by atoms with van der Waals surface area (Å²) in [5.41, 5.74) is 3.43. The normalized spacial score (nSPS) is 12.4. The zero-order chi connectivity index (χ0) is 22.0. The topological polar surface area (TPSA) is 64.0 Å². The van der Waals surface area contributed by atoms with Gasteiger partial charge in [-0.15, -0.1) is 0 Å². The predicted octanol–water partition coefficient (Wildman–Crippen LogP) is 5.55. The number of nitrogens with one attached hydrogen (secondary N) is 1. The van der Waals surface area contributed by atoms with Crippen LogP contribution in [-0.2, 0) is 11.3 Å². The van der Waals surface area contributed by atoms with E-state index in [0.29, 0.717) is 22.6 Å². The number of thioether (sulfide) groups is 1. The average molecular weight is 488 g/mol. The van der Waals surface area contributed by atoms with Gasteiger partial charge in [0.2, 0.25) is 5.91 Å². The number of carbonyl (C=O) groups excluding carboxylic acids is 1. The van der Waals surface area contributed by atoms with Crippen molar-refractivity contribution >= 4 is 50.2 Å². The molecular formula is C23H26BrN3O2S. The fourth-order valence-electron chi connectivity index (χ4n) is 3.24. The smallest absolute Gasteiger partial charge is 0.262 e. The zero-order valence-corrected chi connectivity index (χ0v) is 20.2. The highest BCUT2D eigenvalue weighted by molar-refractivity contribution is 9.10. The molecule has 158 valence electrons. The molecular weight excluding hydrogens is 462 g/mol. The number of carbonyl (C=O) groups is 1. The van der Waals surface area contributed by atoms with Gasteiger partial charge in [-0.1, -0.05) is 59.7 Å². The SMILES string of the molecule is Cc1cccc(C)c1NC(=O)C(C)Sc1nc2ccc(Br)cc2c(=O)n1CC(C)C. The molecule has 0 aliphatic rings. The van der Waals surface area contributed by atoms with Gasteiger partial charge in [0.25, 0.3) is 5.56 Å². The number of amides is 1. The first-order chi connectivity index (χ1) is 14.2. The third-order valence-electron chi connectivity index (χ3n) is 4.81. The molecule has 1 heterocycles. The molecule has 0 spiro atoms. The Bertz CT molecular complexity index is 1140. The summed E-state index contributed by atoms with van der Waals surface area (Å²) in [6.07, 6.45) is 0. The Labute approximate surface area is 189 Å². The Morgan fingerprint density at radius 2 is 1.83 bits per heavy atom. The lowest BCUT2D eigenvalue weighted by Gasteiger charge is -2.18. The minimum atomic E-state index is -0.415. The van der Waals surface area contributed by atoms with Crippen molar-refractivity contribution in [3.63, 3.8) is 0 Å². The van der Waals surface area contributed by atoms with Crippen molar-refractivity contribution in [2.24, 2.45) is 5.92 Å². The highest BCUT2D eigenvalue weighted by Gasteiger charge is 2.21. The number of halogens is 1. The van der Waals surface area contributed by atoms with E-state index in [1.807, 2.05) is 51.1 Å². The lowest BCUT2D eigenvalue weighted by molar-refractivity contribution is -0.115. The van der Waals surface area contributed by atoms with E-state index >= 15 is 0 Å². The van der Waals surface area contributed by atoms with E-state index in [0.717, 1.165) is 21.3 Å². The van der Waals surface area contributed by atoms with Crippen LogP contribution in [0.5, 0.6) is 0 Å². The molecule has 5 nitrogen and oxygen atoms in total. The minimum absolute atomic E-state index is 0.0835. The van der Waals surface area contributed by atoms with Crippen LogP contribution in [0.4, 0.5) is 5.69 Å². The summed E-state index contributed by atoms with van der Waals surface area (Å²) < 4.78 is 2.53. The van der Waals surface area contributed by atoms with E-state index < -0.39 is 5.25 Å². The second-order valence-corrected chi connectivity index (χ2v) is 10.1. The van der Waals surface area contributed by atoms with Crippen molar-refractivity contribution in [3.8, 4) is 0 Å². The molecule has 0 aliphatic carbocycles. The summed E-state index contributed by atoms with van der Waals surface area (Å²) >= 11 is 4.74. The summed E-state index contributed by atoms with van der Waals surface area (Å²) in [5.74, 6) is 0.158. The molecule has 3 aromatic rings. The fraction of sp³-hybridized carbons (Fsp3) is 0.348. The molecule has 0 fully saturated rings. The molecule has 1 amide bonds. The summed E-state index contributed by atoms with van der Waals surface area (Å²) in [6, 6.07) is 11.4. The van der Waals surface area contributed by atoms with E-state index in [4.69, 9.17) is 4.98 Å². The molecule has 0 saturated carbocycles. The first-order valence-electron chi connectivity index (χ1n) is 9.91. The maximum Gasteiger partial charge on any atom is 0.262 e. The van der Waals surface area contributed by atoms with Crippen LogP contribution in [0.3, 0.4) is 0 Å². The second-order valence-electron chi connectivity index (χ2n) is 7.88. The van der Waals surface area contributed by atoms with Gasteiger partial charge in [0.1, 0.15) is 0 Å². The number of hydrogen-bond donors (Lipinski definition) is 1. The molecule has 0 aliphatic heterocycles. The lowest BCUT2D eigenvalue weighted by Crippen LogP contribution is -2.28. The van der Waals surface area contributed by atoms with Crippen LogP contribution in [0, 0.1) is 19.8 Å². The highest BCUT2D eigenvalue weighted by Crippen LogP contribution is 2.26. The quantitative estimate of drug-likeness (QED) is 0.365. The maximum atomic E-state index is 13.2. The monoisotopic (exact) mass is 487 g/mol. The first kappa shape index (κ1) is 22.6. The molecule has 7 heteroatoms. The number of rotatable bonds is 6. The molecule has 1 N–H and O–H groups in total. The van der Waals surface area contributed by atoms with Crippen molar-refractivity contribution < 1.29 is 4.79 Å². The van der Waals surface area contributed by atoms with E-state index in [9.17, 15) is 9.59 Å². The molecule has 1 aromatic heterocycles. The standard InChI is InChI=1S/C23H26BrN3O2S/c1-13(2)12-27-22(29)18-11-17(24)9-10-19(18)25-23(27)30-16(5)21(28)26-20-14(3)7-6-8-15(20)4/h6-11,13,16H,12H2,1-5H3,(H,26,28). The van der Waals surface area contributed by atoms with E-state index in [1.165, 1.54) is 11.8 Å². The number of nitrogens with zero attached hydrogens (tertiary/aromatic N) is 2. The minimum Gasteiger partial charge on any atom is -0.325 e. The average Bonchev–Trinajstić information content (AvgIpc) is 2.68. The number of hydrogen-bond acceptors (Lipinski definition) is 4. The Morgan fingerprint density at radius 1 is 1.17 bits per heavy atom. The highest BCUT2D eigenvalue weighted by atomic mass is 79.9. The van der Waals surface area contributed by atoms with Crippen molar-refractivity contribution in [3.05, 3.63) is 62.4 Å². The molecule has 0 bridgehead atoms. The fourth-order valence-corrected chi connectivity index (χ4v) is 4.52. The van der Waals surface area contributed by atoms with Crippen LogP contribution < -0.4 is 10.9 Å². The Balaban J connectivity index is 1.94. The van der Waals surface area contributed by atoms with Crippen LogP contribution in [-0.4, -0.2) is 20.7 Å². The van der Waals surface area contributed by atoms with E-state index in [2.05, 4.69) is 35.1 Å². The number of anilines is 1. The van der Waals surface area contributed by atoms with Crippen molar-refractivity contribution in [1.82, 2.24) is 9.55 Å². The van der Waals surface area contributed by atoms with Gasteiger partial charge in [0.15, 0.2) is 5.16 Å². The van der Waals surface area contributed by atoms with Crippen molar-refractivity contribution in [2.45, 2.75) is 51.6 Å². The van der Waals surface area contributed by atoms with Crippen LogP contribution in [0.15, 0.2) is 50.8 Å². The molecule has 0 radical (unpaired) electrons. The van der Waals surface area contributed by atoms with Gasteiger partial charge in [-0.2, -0.15) is 0 Å². The van der Waals surface area contributed by atoms with Gasteiger partial charge in [-0.05, 0) is 56.0 Å². The summed E-state index contributed by atoms with van der Waals surface area (Å²) in [7, 11) is 0. The lowest BCUT2D eigenvalue weighted by atomic mass is 10.1. The third-order valence-corrected chi connectivity index (χ3v) is 6.39. The van der Waals surface area contributed by atoms with Crippen LogP contribution in [0.25, 0.3) is 10.9 Å². The van der Waals surface area contributed by atoms with Gasteiger partial charge < -0.3 is 5.32 Å². The zero-order valence-electron chi connectivity index (χ0n) is 17.8. The van der Waals surface area contributed by atoms with Gasteiger partial charge in [-0.25, -0.2) is 4.98 Å². The second kappa shape index (κ2) is 9.35. The maximum absolute atomic E-state index is 13.2. The molecule has 30 heavy (non-hydrogen) atoms. The number of benzene rings is 2. The summed E-state index contributed by atoms with van der Waals surface area (Å²) in [6.45, 7) is 10.5. The largest absolute Gasteiger partial charge is 0.325 e. The molecule has 2 aromatic carbocycles. The Kier molecular flexibility index (Phi) is 7.03. The molecule has 1 unspecified atom stereocenters. The Morgan fingerprint density at radius 3 is 2.47 bits per heavy atom. The number of aryl methyl sites for hydroxylation is 2. The van der Waals surface area contributed by atoms with Crippen LogP contribution in [0.1, 0.15) is 31.9 Å². The predicted molar refractivity (Wildman–Crippen MR) is 128 cm³/mol. The van der Waals surface area contributed by atoms with Gasteiger partial charge >= 0.3 is 0 Å². The van der Waals surface area contributed by atoms with Gasteiger partial charge in [0.05, 0.1) is 16.2 Å². The third kappa shape index (κ3) is 4.95. The number of para-hydroxylation sites is 1. The summed E-state index contributed by atoms with van der Waals surface area (Å²) in [5, 5.41) is 3.76. The van der Waals surface area contributed by atoms with Crippen LogP contribution in [0.2, 0.25) is 0 Å². The van der Waals surface area contributed by atoms with Crippen molar-refractivity contribution in [1.29, 1.82) is 0 Å². The van der Waals surface area contributed by atoms with E-state index in [1.54, 1.807) is 10.6 Å². The molecule has 0 saturated heterocycles. The first-order valence-corrected chi connectivity index (χ1v) is 11.6. The number of aromatic nitrogens is 2. The number of fused-ring (bicyclic) bond motifs is 1. The summed E-state index contributed by atoms with van der Waals surface area (Å²) in [4.78, 5) is 30.8. The van der Waals surface area contributed by atoms with Gasteiger partial charge in [0, 0.05) is 16.7 Å². The molecule has 1 atom stereocenters. The van der Waals surface area contributed by atoms with Gasteiger partial charge in [-0.3, -0.25) is 14.2 Å². The van der Waals surface area contributed by atoms with E-state index in [-0.39, 0.29) is 17.4 Å². The Hall–Kier alpha value is -2.12. The molecule has 3 rings (SSSR count). The van der Waals surface area contributed by atoms with Crippen molar-refractivity contribution in [2.75, 3.05) is 5.32 Å².